The van der Waals surface area contributed by atoms with E-state index in [1.165, 1.54) is 19.3 Å². The van der Waals surface area contributed by atoms with Crippen LogP contribution in [-0.4, -0.2) is 23.5 Å². The molecule has 2 fully saturated rings. The van der Waals surface area contributed by atoms with Gasteiger partial charge in [-0.3, -0.25) is 9.59 Å². The third-order valence-electron chi connectivity index (χ3n) is 5.64. The second-order valence-corrected chi connectivity index (χ2v) is 7.39. The summed E-state index contributed by atoms with van der Waals surface area (Å²) in [5.41, 5.74) is 0.204. The predicted molar refractivity (Wildman–Crippen MR) is 81.8 cm³/mol. The van der Waals surface area contributed by atoms with Crippen LogP contribution in [0, 0.1) is 23.2 Å². The van der Waals surface area contributed by atoms with E-state index in [1.54, 1.807) is 0 Å². The van der Waals surface area contributed by atoms with Gasteiger partial charge in [-0.1, -0.05) is 39.5 Å². The van der Waals surface area contributed by atoms with Crippen molar-refractivity contribution >= 4 is 11.9 Å². The first kappa shape index (κ1) is 16.3. The third-order valence-corrected chi connectivity index (χ3v) is 5.64. The lowest BCUT2D eigenvalue weighted by molar-refractivity contribution is -0.146. The maximum absolute atomic E-state index is 12.4. The predicted octanol–water partition coefficient (Wildman–Crippen LogP) is 3.21. The Bertz CT molecular complexity index is 387. The van der Waals surface area contributed by atoms with Gasteiger partial charge in [0, 0.05) is 6.54 Å². The van der Waals surface area contributed by atoms with Gasteiger partial charge in [0.1, 0.15) is 0 Å². The lowest BCUT2D eigenvalue weighted by atomic mass is 9.75. The van der Waals surface area contributed by atoms with Crippen LogP contribution in [0.1, 0.15) is 65.2 Å². The van der Waals surface area contributed by atoms with Crippen LogP contribution in [0.25, 0.3) is 0 Å². The Kier molecular flexibility index (Phi) is 5.28. The summed E-state index contributed by atoms with van der Waals surface area (Å²) in [5, 5.41) is 12.4. The van der Waals surface area contributed by atoms with E-state index in [0.717, 1.165) is 25.7 Å². The molecule has 2 aliphatic carbocycles. The molecule has 0 heterocycles. The molecule has 1 unspecified atom stereocenters. The maximum Gasteiger partial charge on any atom is 0.307 e. The van der Waals surface area contributed by atoms with E-state index in [1.807, 2.05) is 0 Å². The zero-order valence-corrected chi connectivity index (χ0v) is 13.4. The molecule has 21 heavy (non-hydrogen) atoms. The first-order valence-corrected chi connectivity index (χ1v) is 8.46. The molecule has 0 bridgehead atoms. The highest BCUT2D eigenvalue weighted by Crippen LogP contribution is 2.39. The number of nitrogens with one attached hydrogen (secondary N) is 1. The molecule has 0 aromatic carbocycles. The van der Waals surface area contributed by atoms with Crippen molar-refractivity contribution in [2.75, 3.05) is 6.54 Å². The van der Waals surface area contributed by atoms with Crippen molar-refractivity contribution < 1.29 is 14.7 Å². The summed E-state index contributed by atoms with van der Waals surface area (Å²) < 4.78 is 0. The molecule has 2 aliphatic rings. The van der Waals surface area contributed by atoms with Crippen LogP contribution >= 0.6 is 0 Å². The van der Waals surface area contributed by atoms with E-state index in [9.17, 15) is 14.7 Å². The SMILES string of the molecule is CCC1C[C@H](C(=O)NCC2(C)CCCCC2)[C@H](C(=O)O)C1. The quantitative estimate of drug-likeness (QED) is 0.818. The maximum atomic E-state index is 12.4. The van der Waals surface area contributed by atoms with Gasteiger partial charge in [-0.2, -0.15) is 0 Å². The van der Waals surface area contributed by atoms with Gasteiger partial charge in [-0.25, -0.2) is 0 Å². The summed E-state index contributed by atoms with van der Waals surface area (Å²) >= 11 is 0. The van der Waals surface area contributed by atoms with Crippen molar-refractivity contribution in [1.82, 2.24) is 5.32 Å². The molecule has 0 aromatic heterocycles. The van der Waals surface area contributed by atoms with E-state index < -0.39 is 11.9 Å². The monoisotopic (exact) mass is 295 g/mol. The normalized spacial score (nSPS) is 31.8. The Balaban J connectivity index is 1.91. The largest absolute Gasteiger partial charge is 0.481 e. The highest BCUT2D eigenvalue weighted by atomic mass is 16.4. The molecule has 1 amide bonds. The molecule has 0 radical (unpaired) electrons. The van der Waals surface area contributed by atoms with Crippen LogP contribution in [0.3, 0.4) is 0 Å². The highest BCUT2D eigenvalue weighted by Gasteiger charge is 2.42. The molecule has 0 aliphatic heterocycles. The van der Waals surface area contributed by atoms with E-state index in [4.69, 9.17) is 0 Å². The van der Waals surface area contributed by atoms with E-state index in [0.29, 0.717) is 18.9 Å². The number of hydrogen-bond acceptors (Lipinski definition) is 2. The van der Waals surface area contributed by atoms with E-state index in [2.05, 4.69) is 19.2 Å². The summed E-state index contributed by atoms with van der Waals surface area (Å²) in [4.78, 5) is 23.8. The molecule has 2 rings (SSSR count). The van der Waals surface area contributed by atoms with Gasteiger partial charge in [-0.15, -0.1) is 0 Å². The number of aliphatic carboxylic acids is 1. The average Bonchev–Trinajstić information content (AvgIpc) is 2.90. The van der Waals surface area contributed by atoms with Crippen LogP contribution in [0.5, 0.6) is 0 Å². The summed E-state index contributed by atoms with van der Waals surface area (Å²) in [5.74, 6) is -1.29. The fourth-order valence-electron chi connectivity index (χ4n) is 4.05. The second kappa shape index (κ2) is 6.80. The smallest absolute Gasteiger partial charge is 0.307 e. The second-order valence-electron chi connectivity index (χ2n) is 7.39. The fraction of sp³-hybridized carbons (Fsp3) is 0.882. The Hall–Kier alpha value is -1.06. The Morgan fingerprint density at radius 1 is 1.14 bits per heavy atom. The molecular formula is C17H29NO3. The molecule has 2 saturated carbocycles. The van der Waals surface area contributed by atoms with Gasteiger partial charge in [0.15, 0.2) is 0 Å². The Morgan fingerprint density at radius 3 is 2.33 bits per heavy atom. The number of rotatable bonds is 5. The van der Waals surface area contributed by atoms with Crippen LogP contribution < -0.4 is 5.32 Å². The Morgan fingerprint density at radius 2 is 1.76 bits per heavy atom. The number of carbonyl (C=O) groups is 2. The molecule has 0 spiro atoms. The third kappa shape index (κ3) is 3.98. The van der Waals surface area contributed by atoms with E-state index >= 15 is 0 Å². The molecule has 0 saturated heterocycles. The zero-order chi connectivity index (χ0) is 15.5. The summed E-state index contributed by atoms with van der Waals surface area (Å²) in [6.45, 7) is 5.02. The van der Waals surface area contributed by atoms with Crippen molar-refractivity contribution in [1.29, 1.82) is 0 Å². The van der Waals surface area contributed by atoms with Gasteiger partial charge >= 0.3 is 5.97 Å². The van der Waals surface area contributed by atoms with Crippen molar-refractivity contribution in [3.8, 4) is 0 Å². The van der Waals surface area contributed by atoms with Crippen molar-refractivity contribution in [2.24, 2.45) is 23.2 Å². The van der Waals surface area contributed by atoms with Crippen LogP contribution in [-0.2, 0) is 9.59 Å². The molecule has 2 N–H and O–H groups in total. The van der Waals surface area contributed by atoms with Gasteiger partial charge in [0.25, 0.3) is 0 Å². The fourth-order valence-corrected chi connectivity index (χ4v) is 4.05. The minimum Gasteiger partial charge on any atom is -0.481 e. The summed E-state index contributed by atoms with van der Waals surface area (Å²) in [7, 11) is 0. The molecule has 120 valence electrons. The van der Waals surface area contributed by atoms with Gasteiger partial charge in [-0.05, 0) is 37.0 Å². The number of carbonyl (C=O) groups excluding carboxylic acids is 1. The van der Waals surface area contributed by atoms with E-state index in [-0.39, 0.29) is 17.2 Å². The van der Waals surface area contributed by atoms with Gasteiger partial charge in [0.05, 0.1) is 11.8 Å². The number of amides is 1. The number of carboxylic acid groups (broad SMARTS) is 1. The minimum atomic E-state index is -0.810. The molecular weight excluding hydrogens is 266 g/mol. The van der Waals surface area contributed by atoms with Crippen LogP contribution in [0.4, 0.5) is 0 Å². The topological polar surface area (TPSA) is 66.4 Å². The summed E-state index contributed by atoms with van der Waals surface area (Å²) in [6, 6.07) is 0. The van der Waals surface area contributed by atoms with Crippen LogP contribution in [0.2, 0.25) is 0 Å². The Labute approximate surface area is 127 Å². The molecule has 4 nitrogen and oxygen atoms in total. The lowest BCUT2D eigenvalue weighted by Gasteiger charge is -2.34. The lowest BCUT2D eigenvalue weighted by Crippen LogP contribution is -2.41. The molecule has 3 atom stereocenters. The standard InChI is InChI=1S/C17H29NO3/c1-3-12-9-13(14(10-12)16(20)21)15(19)18-11-17(2)7-5-4-6-8-17/h12-14H,3-11H2,1-2H3,(H,18,19)(H,20,21)/t12?,13-,14+/m0/s1. The zero-order valence-electron chi connectivity index (χ0n) is 13.4. The highest BCUT2D eigenvalue weighted by molar-refractivity contribution is 5.85. The van der Waals surface area contributed by atoms with Gasteiger partial charge in [0.2, 0.25) is 5.91 Å². The summed E-state index contributed by atoms with van der Waals surface area (Å²) in [6.07, 6.45) is 8.46. The van der Waals surface area contributed by atoms with Crippen LogP contribution in [0.15, 0.2) is 0 Å². The minimum absolute atomic E-state index is 0.0369. The number of hydrogen-bond donors (Lipinski definition) is 2. The van der Waals surface area contributed by atoms with Crippen molar-refractivity contribution in [3.05, 3.63) is 0 Å². The van der Waals surface area contributed by atoms with Crippen molar-refractivity contribution in [2.45, 2.75) is 65.2 Å². The van der Waals surface area contributed by atoms with Gasteiger partial charge < -0.3 is 10.4 Å². The molecule has 0 aromatic rings. The molecule has 4 heteroatoms. The number of carboxylic acids is 1. The first-order chi connectivity index (χ1) is 9.95. The average molecular weight is 295 g/mol. The first-order valence-electron chi connectivity index (χ1n) is 8.46. The van der Waals surface area contributed by atoms with Crippen molar-refractivity contribution in [3.63, 3.8) is 0 Å².